The quantitative estimate of drug-likeness (QED) is 0.835. The number of nitrogens with one attached hydrogen (secondary N) is 1. The summed E-state index contributed by atoms with van der Waals surface area (Å²) in [4.78, 5) is 0. The Morgan fingerprint density at radius 1 is 1.10 bits per heavy atom. The van der Waals surface area contributed by atoms with Gasteiger partial charge in [0.1, 0.15) is 11.5 Å². The van der Waals surface area contributed by atoms with Crippen LogP contribution in [0.15, 0.2) is 48.5 Å². The molecule has 0 radical (unpaired) electrons. The molecule has 3 nitrogen and oxygen atoms in total. The molecule has 2 rings (SSSR count). The Hall–Kier alpha value is -2.00. The molecule has 0 saturated heterocycles. The van der Waals surface area contributed by atoms with Gasteiger partial charge in [-0.05, 0) is 48.7 Å². The highest BCUT2D eigenvalue weighted by Gasteiger charge is 2.14. The van der Waals surface area contributed by atoms with E-state index in [4.69, 9.17) is 4.74 Å². The summed E-state index contributed by atoms with van der Waals surface area (Å²) >= 11 is 0. The fourth-order valence-electron chi connectivity index (χ4n) is 2.47. The van der Waals surface area contributed by atoms with E-state index in [0.29, 0.717) is 5.75 Å². The zero-order chi connectivity index (χ0) is 15.2. The zero-order valence-corrected chi connectivity index (χ0v) is 12.8. The Bertz CT molecular complexity index is 566. The molecule has 3 heteroatoms. The average Bonchev–Trinajstić information content (AvgIpc) is 2.53. The van der Waals surface area contributed by atoms with E-state index in [2.05, 4.69) is 31.3 Å². The van der Waals surface area contributed by atoms with Crippen LogP contribution >= 0.6 is 0 Å². The Labute approximate surface area is 126 Å². The van der Waals surface area contributed by atoms with Crippen LogP contribution in [0.5, 0.6) is 11.5 Å². The number of hydrogen-bond acceptors (Lipinski definition) is 3. The van der Waals surface area contributed by atoms with Gasteiger partial charge in [0.2, 0.25) is 0 Å². The third-order valence-electron chi connectivity index (χ3n) is 3.75. The second-order valence-corrected chi connectivity index (χ2v) is 5.22. The van der Waals surface area contributed by atoms with E-state index < -0.39 is 0 Å². The number of ether oxygens (including phenoxy) is 1. The van der Waals surface area contributed by atoms with E-state index in [1.54, 1.807) is 19.2 Å². The van der Waals surface area contributed by atoms with Crippen LogP contribution in [0.1, 0.15) is 43.5 Å². The highest BCUT2D eigenvalue weighted by molar-refractivity contribution is 5.31. The molecule has 112 valence electrons. The van der Waals surface area contributed by atoms with Gasteiger partial charge < -0.3 is 15.2 Å². The molecule has 0 heterocycles. The molecule has 21 heavy (non-hydrogen) atoms. The third kappa shape index (κ3) is 3.99. The summed E-state index contributed by atoms with van der Waals surface area (Å²) < 4.78 is 5.28. The Kier molecular flexibility index (Phi) is 5.23. The van der Waals surface area contributed by atoms with Crippen molar-refractivity contribution in [2.24, 2.45) is 0 Å². The molecule has 0 aromatic heterocycles. The molecule has 0 saturated carbocycles. The van der Waals surface area contributed by atoms with Gasteiger partial charge in [-0.25, -0.2) is 0 Å². The van der Waals surface area contributed by atoms with Gasteiger partial charge in [0.05, 0.1) is 7.11 Å². The topological polar surface area (TPSA) is 41.5 Å². The number of hydrogen-bond donors (Lipinski definition) is 2. The van der Waals surface area contributed by atoms with Crippen molar-refractivity contribution in [1.29, 1.82) is 0 Å². The first-order valence-electron chi connectivity index (χ1n) is 7.33. The summed E-state index contributed by atoms with van der Waals surface area (Å²) in [6.45, 7) is 4.31. The molecule has 2 N–H and O–H groups in total. The van der Waals surface area contributed by atoms with Crippen molar-refractivity contribution in [3.8, 4) is 11.5 Å². The van der Waals surface area contributed by atoms with E-state index in [-0.39, 0.29) is 12.1 Å². The van der Waals surface area contributed by atoms with Gasteiger partial charge in [-0.3, -0.25) is 0 Å². The molecule has 0 aliphatic heterocycles. The van der Waals surface area contributed by atoms with Gasteiger partial charge in [-0.2, -0.15) is 0 Å². The maximum Gasteiger partial charge on any atom is 0.119 e. The molecular weight excluding hydrogens is 262 g/mol. The summed E-state index contributed by atoms with van der Waals surface area (Å²) in [5, 5.41) is 13.0. The first-order valence-corrected chi connectivity index (χ1v) is 7.33. The minimum Gasteiger partial charge on any atom is -0.508 e. The molecule has 0 amide bonds. The summed E-state index contributed by atoms with van der Waals surface area (Å²) in [6, 6.07) is 16.0. The Balaban J connectivity index is 2.11. The SMILES string of the molecule is CCC(NC(C)c1cccc(OC)c1)c1ccc(O)cc1. The third-order valence-corrected chi connectivity index (χ3v) is 3.75. The van der Waals surface area contributed by atoms with Crippen molar-refractivity contribution in [3.05, 3.63) is 59.7 Å². The van der Waals surface area contributed by atoms with Crippen LogP contribution in [-0.4, -0.2) is 12.2 Å². The Morgan fingerprint density at radius 3 is 2.43 bits per heavy atom. The molecule has 0 spiro atoms. The molecule has 0 aliphatic carbocycles. The molecule has 2 unspecified atom stereocenters. The average molecular weight is 285 g/mol. The number of benzene rings is 2. The summed E-state index contributed by atoms with van der Waals surface area (Å²) in [7, 11) is 1.68. The fraction of sp³-hybridized carbons (Fsp3) is 0.333. The first-order chi connectivity index (χ1) is 10.1. The second-order valence-electron chi connectivity index (χ2n) is 5.22. The van der Waals surface area contributed by atoms with Crippen LogP contribution in [0.3, 0.4) is 0 Å². The van der Waals surface area contributed by atoms with Crippen molar-refractivity contribution in [3.63, 3.8) is 0 Å². The standard InChI is InChI=1S/C18H23NO2/c1-4-18(14-8-10-16(20)11-9-14)19-13(2)15-6-5-7-17(12-15)21-3/h5-13,18-20H,4H2,1-3H3. The van der Waals surface area contributed by atoms with Crippen molar-refractivity contribution >= 4 is 0 Å². The molecule has 2 aromatic carbocycles. The normalized spacial score (nSPS) is 13.7. The van der Waals surface area contributed by atoms with Gasteiger partial charge in [-0.1, -0.05) is 31.2 Å². The van der Waals surface area contributed by atoms with Crippen LogP contribution < -0.4 is 10.1 Å². The predicted octanol–water partition coefficient (Wildman–Crippen LogP) is 4.20. The number of methoxy groups -OCH3 is 1. The maximum absolute atomic E-state index is 9.39. The molecule has 0 bridgehead atoms. The van der Waals surface area contributed by atoms with Crippen LogP contribution in [-0.2, 0) is 0 Å². The van der Waals surface area contributed by atoms with Gasteiger partial charge >= 0.3 is 0 Å². The first kappa shape index (κ1) is 15.4. The fourth-order valence-corrected chi connectivity index (χ4v) is 2.47. The lowest BCUT2D eigenvalue weighted by molar-refractivity contribution is 0.411. The van der Waals surface area contributed by atoms with E-state index in [1.807, 2.05) is 24.3 Å². The molecule has 0 aliphatic rings. The number of phenols is 1. The van der Waals surface area contributed by atoms with Crippen molar-refractivity contribution in [1.82, 2.24) is 5.32 Å². The lowest BCUT2D eigenvalue weighted by Gasteiger charge is -2.23. The van der Waals surface area contributed by atoms with Crippen LogP contribution in [0.4, 0.5) is 0 Å². The lowest BCUT2D eigenvalue weighted by Crippen LogP contribution is -2.24. The van der Waals surface area contributed by atoms with Crippen molar-refractivity contribution in [2.45, 2.75) is 32.4 Å². The minimum absolute atomic E-state index is 0.221. The minimum atomic E-state index is 0.221. The molecular formula is C18H23NO2. The smallest absolute Gasteiger partial charge is 0.119 e. The summed E-state index contributed by atoms with van der Waals surface area (Å²) in [5.74, 6) is 1.17. The van der Waals surface area contributed by atoms with Gasteiger partial charge in [0.15, 0.2) is 0 Å². The predicted molar refractivity (Wildman–Crippen MR) is 85.7 cm³/mol. The van der Waals surface area contributed by atoms with Crippen molar-refractivity contribution < 1.29 is 9.84 Å². The van der Waals surface area contributed by atoms with Gasteiger partial charge in [0, 0.05) is 12.1 Å². The monoisotopic (exact) mass is 285 g/mol. The molecule has 2 aromatic rings. The largest absolute Gasteiger partial charge is 0.508 e. The zero-order valence-electron chi connectivity index (χ0n) is 12.8. The number of rotatable bonds is 6. The van der Waals surface area contributed by atoms with E-state index in [9.17, 15) is 5.11 Å². The number of phenolic OH excluding ortho intramolecular Hbond substituents is 1. The van der Waals surface area contributed by atoms with Gasteiger partial charge in [-0.15, -0.1) is 0 Å². The van der Waals surface area contributed by atoms with E-state index >= 15 is 0 Å². The van der Waals surface area contributed by atoms with Crippen LogP contribution in [0.25, 0.3) is 0 Å². The maximum atomic E-state index is 9.39. The second kappa shape index (κ2) is 7.14. The highest BCUT2D eigenvalue weighted by atomic mass is 16.5. The lowest BCUT2D eigenvalue weighted by atomic mass is 10.0. The van der Waals surface area contributed by atoms with Gasteiger partial charge in [0.25, 0.3) is 0 Å². The van der Waals surface area contributed by atoms with Crippen LogP contribution in [0.2, 0.25) is 0 Å². The highest BCUT2D eigenvalue weighted by Crippen LogP contribution is 2.25. The van der Waals surface area contributed by atoms with Crippen LogP contribution in [0, 0.1) is 0 Å². The molecule has 2 atom stereocenters. The summed E-state index contributed by atoms with van der Waals surface area (Å²) in [6.07, 6.45) is 0.985. The van der Waals surface area contributed by atoms with E-state index in [1.165, 1.54) is 11.1 Å². The Morgan fingerprint density at radius 2 is 1.81 bits per heavy atom. The number of aromatic hydroxyl groups is 1. The van der Waals surface area contributed by atoms with E-state index in [0.717, 1.165) is 12.2 Å². The van der Waals surface area contributed by atoms with Crippen molar-refractivity contribution in [2.75, 3.05) is 7.11 Å². The molecule has 0 fully saturated rings. The summed E-state index contributed by atoms with van der Waals surface area (Å²) in [5.41, 5.74) is 2.39.